The van der Waals surface area contributed by atoms with Crippen molar-refractivity contribution in [2.75, 3.05) is 4.72 Å². The van der Waals surface area contributed by atoms with Crippen LogP contribution < -0.4 is 4.72 Å². The molecule has 0 unspecified atom stereocenters. The molecule has 2 rings (SSSR count). The molecule has 7 heteroatoms. The highest BCUT2D eigenvalue weighted by Gasteiger charge is 2.15. The maximum atomic E-state index is 12.1. The number of nitriles is 1. The first-order valence-electron chi connectivity index (χ1n) is 5.16. The molecule has 0 saturated carbocycles. The van der Waals surface area contributed by atoms with Crippen LogP contribution in [0.25, 0.3) is 0 Å². The first kappa shape index (κ1) is 13.8. The van der Waals surface area contributed by atoms with Crippen molar-refractivity contribution in [3.8, 4) is 6.07 Å². The summed E-state index contributed by atoms with van der Waals surface area (Å²) in [6.45, 7) is 0. The molecule has 0 aliphatic rings. The summed E-state index contributed by atoms with van der Waals surface area (Å²) < 4.78 is 27.5. The van der Waals surface area contributed by atoms with Crippen LogP contribution in [0.15, 0.2) is 47.5 Å². The summed E-state index contributed by atoms with van der Waals surface area (Å²) in [6.07, 6.45) is 1.56. The van der Waals surface area contributed by atoms with Crippen molar-refractivity contribution in [2.24, 2.45) is 0 Å². The van der Waals surface area contributed by atoms with E-state index >= 15 is 0 Å². The fraction of sp³-hybridized carbons (Fsp3) is 0. The second-order valence-electron chi connectivity index (χ2n) is 3.61. The third-order valence-corrected chi connectivity index (χ3v) is 4.23. The summed E-state index contributed by atoms with van der Waals surface area (Å²) in [6, 6.07) is 11.0. The molecule has 0 atom stereocenters. The Labute approximate surface area is 124 Å². The van der Waals surface area contributed by atoms with E-state index in [1.54, 1.807) is 24.4 Å². The predicted octanol–water partition coefficient (Wildman–Crippen LogP) is 2.36. The molecule has 96 valence electrons. The number of anilines is 1. The van der Waals surface area contributed by atoms with Gasteiger partial charge >= 0.3 is 0 Å². The largest absolute Gasteiger partial charge is 0.263 e. The summed E-state index contributed by atoms with van der Waals surface area (Å²) in [5.74, 6) is 0.239. The van der Waals surface area contributed by atoms with Crippen molar-refractivity contribution in [1.82, 2.24) is 4.98 Å². The van der Waals surface area contributed by atoms with Crippen molar-refractivity contribution in [3.05, 3.63) is 51.7 Å². The molecule has 0 amide bonds. The lowest BCUT2D eigenvalue weighted by atomic mass is 10.2. The van der Waals surface area contributed by atoms with Gasteiger partial charge in [-0.2, -0.15) is 5.26 Å². The van der Waals surface area contributed by atoms with Gasteiger partial charge in [-0.3, -0.25) is 4.72 Å². The van der Waals surface area contributed by atoms with Crippen molar-refractivity contribution in [2.45, 2.75) is 4.90 Å². The maximum Gasteiger partial charge on any atom is 0.263 e. The number of halogens is 1. The van der Waals surface area contributed by atoms with Crippen molar-refractivity contribution in [1.29, 1.82) is 5.26 Å². The van der Waals surface area contributed by atoms with Gasteiger partial charge in [-0.1, -0.05) is 6.07 Å². The Kier molecular flexibility index (Phi) is 4.01. The fourth-order valence-corrected chi connectivity index (χ4v) is 2.74. The van der Waals surface area contributed by atoms with Crippen LogP contribution in [0.2, 0.25) is 0 Å². The highest BCUT2D eigenvalue weighted by Crippen LogP contribution is 2.16. The van der Waals surface area contributed by atoms with E-state index in [-0.39, 0.29) is 10.7 Å². The van der Waals surface area contributed by atoms with Crippen LogP contribution in [0.3, 0.4) is 0 Å². The number of nitrogens with zero attached hydrogens (tertiary/aromatic N) is 2. The van der Waals surface area contributed by atoms with Crippen LogP contribution in [0, 0.1) is 14.9 Å². The average molecular weight is 385 g/mol. The maximum absolute atomic E-state index is 12.1. The molecule has 0 aliphatic carbocycles. The Hall–Kier alpha value is -1.66. The normalized spacial score (nSPS) is 10.7. The van der Waals surface area contributed by atoms with E-state index in [1.165, 1.54) is 18.2 Å². The lowest BCUT2D eigenvalue weighted by molar-refractivity contribution is 0.601. The summed E-state index contributed by atoms with van der Waals surface area (Å²) in [4.78, 5) is 4.00. The standard InChI is InChI=1S/C12H8IN3O2S/c13-10-4-5-12(15-8-10)16-19(17,18)11-3-1-2-9(6-11)7-14/h1-6,8H,(H,15,16). The second-order valence-corrected chi connectivity index (χ2v) is 6.53. The number of hydrogen-bond donors (Lipinski definition) is 1. The van der Waals surface area contributed by atoms with Gasteiger partial charge in [0.1, 0.15) is 5.82 Å². The SMILES string of the molecule is N#Cc1cccc(S(=O)(=O)Nc2ccc(I)cn2)c1. The minimum absolute atomic E-state index is 0.0342. The van der Waals surface area contributed by atoms with Gasteiger partial charge in [0, 0.05) is 9.77 Å². The molecule has 5 nitrogen and oxygen atoms in total. The van der Waals surface area contributed by atoms with Gasteiger partial charge in [-0.05, 0) is 52.9 Å². The minimum atomic E-state index is -3.72. The molecule has 0 spiro atoms. The first-order valence-corrected chi connectivity index (χ1v) is 7.72. The van der Waals surface area contributed by atoms with E-state index in [9.17, 15) is 8.42 Å². The smallest absolute Gasteiger partial charge is 0.263 e. The molecule has 0 saturated heterocycles. The Morgan fingerprint density at radius 3 is 2.68 bits per heavy atom. The number of pyridine rings is 1. The van der Waals surface area contributed by atoms with E-state index in [2.05, 4.69) is 32.3 Å². The first-order chi connectivity index (χ1) is 9.01. The highest BCUT2D eigenvalue weighted by molar-refractivity contribution is 14.1. The minimum Gasteiger partial charge on any atom is -0.263 e. The van der Waals surface area contributed by atoms with Gasteiger partial charge in [0.05, 0.1) is 16.5 Å². The predicted molar refractivity (Wildman–Crippen MR) is 78.9 cm³/mol. The number of rotatable bonds is 3. The number of aromatic nitrogens is 1. The molecule has 2 aromatic rings. The molecular formula is C12H8IN3O2S. The second kappa shape index (κ2) is 5.54. The molecule has 1 heterocycles. The monoisotopic (exact) mass is 385 g/mol. The van der Waals surface area contributed by atoms with Crippen molar-refractivity contribution in [3.63, 3.8) is 0 Å². The summed E-state index contributed by atoms with van der Waals surface area (Å²) in [5, 5.41) is 8.77. The van der Waals surface area contributed by atoms with Gasteiger partial charge in [0.15, 0.2) is 0 Å². The summed E-state index contributed by atoms with van der Waals surface area (Å²) in [5.41, 5.74) is 0.290. The zero-order chi connectivity index (χ0) is 13.9. The van der Waals surface area contributed by atoms with Crippen LogP contribution in [0.1, 0.15) is 5.56 Å². The van der Waals surface area contributed by atoms with E-state index in [1.807, 2.05) is 6.07 Å². The topological polar surface area (TPSA) is 82.8 Å². The molecule has 0 fully saturated rings. The molecule has 0 bridgehead atoms. The van der Waals surface area contributed by atoms with Gasteiger partial charge in [0.2, 0.25) is 0 Å². The molecule has 1 aromatic carbocycles. The van der Waals surface area contributed by atoms with Crippen molar-refractivity contribution >= 4 is 38.4 Å². The third-order valence-electron chi connectivity index (χ3n) is 2.24. The van der Waals surface area contributed by atoms with Crippen LogP contribution in [-0.2, 0) is 10.0 Å². The van der Waals surface area contributed by atoms with E-state index < -0.39 is 10.0 Å². The van der Waals surface area contributed by atoms with Gasteiger partial charge in [-0.25, -0.2) is 13.4 Å². The highest BCUT2D eigenvalue weighted by atomic mass is 127. The fourth-order valence-electron chi connectivity index (χ4n) is 1.37. The Balaban J connectivity index is 2.32. The zero-order valence-electron chi connectivity index (χ0n) is 9.54. The van der Waals surface area contributed by atoms with E-state index in [0.29, 0.717) is 5.56 Å². The lowest BCUT2D eigenvalue weighted by Crippen LogP contribution is -2.14. The number of sulfonamides is 1. The van der Waals surface area contributed by atoms with Gasteiger partial charge in [-0.15, -0.1) is 0 Å². The van der Waals surface area contributed by atoms with Crippen LogP contribution >= 0.6 is 22.6 Å². The Morgan fingerprint density at radius 2 is 2.05 bits per heavy atom. The Bertz CT molecular complexity index is 736. The van der Waals surface area contributed by atoms with Gasteiger partial charge in [0.25, 0.3) is 10.0 Å². The van der Waals surface area contributed by atoms with Crippen LogP contribution in [0.5, 0.6) is 0 Å². The molecule has 0 radical (unpaired) electrons. The van der Waals surface area contributed by atoms with Crippen molar-refractivity contribution < 1.29 is 8.42 Å². The van der Waals surface area contributed by atoms with E-state index in [0.717, 1.165) is 3.57 Å². The van der Waals surface area contributed by atoms with Gasteiger partial charge < -0.3 is 0 Å². The number of benzene rings is 1. The molecule has 0 aliphatic heterocycles. The molecule has 1 N–H and O–H groups in total. The number of hydrogen-bond acceptors (Lipinski definition) is 4. The summed E-state index contributed by atoms with van der Waals surface area (Å²) in [7, 11) is -3.72. The molecule has 1 aromatic heterocycles. The van der Waals surface area contributed by atoms with Crippen LogP contribution in [-0.4, -0.2) is 13.4 Å². The average Bonchev–Trinajstić information content (AvgIpc) is 2.41. The Morgan fingerprint density at radius 1 is 1.26 bits per heavy atom. The number of nitrogens with one attached hydrogen (secondary N) is 1. The quantitative estimate of drug-likeness (QED) is 0.823. The summed E-state index contributed by atoms with van der Waals surface area (Å²) >= 11 is 2.08. The third kappa shape index (κ3) is 3.42. The lowest BCUT2D eigenvalue weighted by Gasteiger charge is -2.07. The molecular weight excluding hydrogens is 377 g/mol. The molecule has 19 heavy (non-hydrogen) atoms. The van der Waals surface area contributed by atoms with Crippen LogP contribution in [0.4, 0.5) is 5.82 Å². The van der Waals surface area contributed by atoms with E-state index in [4.69, 9.17) is 5.26 Å². The zero-order valence-corrected chi connectivity index (χ0v) is 12.5.